The van der Waals surface area contributed by atoms with E-state index in [0.717, 1.165) is 37.8 Å². The Balaban J connectivity index is 2.03. The second kappa shape index (κ2) is 6.45. The lowest BCUT2D eigenvalue weighted by atomic mass is 9.78. The predicted octanol–water partition coefficient (Wildman–Crippen LogP) is 3.82. The third-order valence-electron chi connectivity index (χ3n) is 3.98. The van der Waals surface area contributed by atoms with Gasteiger partial charge in [0, 0.05) is 22.5 Å². The number of hydrogen-bond donors (Lipinski definition) is 2. The fraction of sp³-hybridized carbons (Fsp3) is 0.600. The van der Waals surface area contributed by atoms with Gasteiger partial charge in [0.05, 0.1) is 5.60 Å². The lowest BCUT2D eigenvalue weighted by molar-refractivity contribution is -0.00291. The number of halogens is 2. The molecule has 0 atom stereocenters. The van der Waals surface area contributed by atoms with Gasteiger partial charge in [-0.25, -0.2) is 0 Å². The van der Waals surface area contributed by atoms with E-state index >= 15 is 0 Å². The highest BCUT2D eigenvalue weighted by molar-refractivity contribution is 6.36. The summed E-state index contributed by atoms with van der Waals surface area (Å²) >= 11 is 12.4. The van der Waals surface area contributed by atoms with E-state index in [1.54, 1.807) is 0 Å². The molecule has 106 valence electrons. The largest absolute Gasteiger partial charge is 0.390 e. The summed E-state index contributed by atoms with van der Waals surface area (Å²) < 4.78 is 0. The van der Waals surface area contributed by atoms with Crippen LogP contribution in [0.4, 0.5) is 0 Å². The van der Waals surface area contributed by atoms with Gasteiger partial charge in [-0.05, 0) is 49.9 Å². The molecule has 0 spiro atoms. The molecule has 1 aromatic carbocycles. The van der Waals surface area contributed by atoms with E-state index in [0.29, 0.717) is 22.5 Å². The summed E-state index contributed by atoms with van der Waals surface area (Å²) in [4.78, 5) is 0. The molecular weight excluding hydrogens is 281 g/mol. The fourth-order valence-corrected chi connectivity index (χ4v) is 3.39. The third kappa shape index (κ3) is 3.85. The quantitative estimate of drug-likeness (QED) is 0.886. The standard InChI is InChI=1S/C15H21Cl2NO/c1-2-18-11-6-8-15(19,9-7-11)10-12-13(16)4-3-5-14(12)17/h3-5,11,18-19H,2,6-10H2,1H3. The zero-order valence-electron chi connectivity index (χ0n) is 11.3. The summed E-state index contributed by atoms with van der Waals surface area (Å²) in [6.45, 7) is 3.10. The Hall–Kier alpha value is -0.280. The van der Waals surface area contributed by atoms with Gasteiger partial charge >= 0.3 is 0 Å². The van der Waals surface area contributed by atoms with Crippen molar-refractivity contribution >= 4 is 23.2 Å². The van der Waals surface area contributed by atoms with Crippen molar-refractivity contribution in [2.75, 3.05) is 6.54 Å². The Bertz CT molecular complexity index is 408. The van der Waals surface area contributed by atoms with Crippen molar-refractivity contribution in [1.29, 1.82) is 0 Å². The maximum atomic E-state index is 10.7. The Kier molecular flexibility index (Phi) is 5.13. The first-order chi connectivity index (χ1) is 9.04. The fourth-order valence-electron chi connectivity index (χ4n) is 2.85. The molecule has 1 fully saturated rings. The molecule has 2 rings (SSSR count). The first kappa shape index (κ1) is 15.1. The molecule has 2 nitrogen and oxygen atoms in total. The van der Waals surface area contributed by atoms with Gasteiger partial charge in [-0.1, -0.05) is 36.2 Å². The molecule has 0 bridgehead atoms. The predicted molar refractivity (Wildman–Crippen MR) is 81.0 cm³/mol. The van der Waals surface area contributed by atoms with E-state index in [1.165, 1.54) is 0 Å². The molecule has 1 aromatic rings. The molecule has 0 heterocycles. The maximum absolute atomic E-state index is 10.7. The average Bonchev–Trinajstić information content (AvgIpc) is 2.38. The summed E-state index contributed by atoms with van der Waals surface area (Å²) in [6, 6.07) is 6.03. The molecule has 0 saturated heterocycles. The van der Waals surface area contributed by atoms with E-state index in [2.05, 4.69) is 12.2 Å². The highest BCUT2D eigenvalue weighted by atomic mass is 35.5. The molecule has 2 N–H and O–H groups in total. The van der Waals surface area contributed by atoms with Crippen molar-refractivity contribution in [3.63, 3.8) is 0 Å². The first-order valence-electron chi connectivity index (χ1n) is 6.93. The van der Waals surface area contributed by atoms with Crippen LogP contribution in [0.1, 0.15) is 38.2 Å². The van der Waals surface area contributed by atoms with Gasteiger partial charge in [0.15, 0.2) is 0 Å². The topological polar surface area (TPSA) is 32.3 Å². The van der Waals surface area contributed by atoms with Crippen molar-refractivity contribution in [1.82, 2.24) is 5.32 Å². The van der Waals surface area contributed by atoms with Crippen molar-refractivity contribution in [2.24, 2.45) is 0 Å². The molecule has 1 aliphatic rings. The van der Waals surface area contributed by atoms with Crippen LogP contribution in [-0.4, -0.2) is 23.3 Å². The molecule has 0 amide bonds. The van der Waals surface area contributed by atoms with Gasteiger partial charge < -0.3 is 10.4 Å². The van der Waals surface area contributed by atoms with E-state index in [-0.39, 0.29) is 0 Å². The average molecular weight is 302 g/mol. The molecule has 0 aliphatic heterocycles. The zero-order valence-corrected chi connectivity index (χ0v) is 12.8. The van der Waals surface area contributed by atoms with Gasteiger partial charge in [-0.15, -0.1) is 0 Å². The molecular formula is C15H21Cl2NO. The van der Waals surface area contributed by atoms with Gasteiger partial charge in [-0.3, -0.25) is 0 Å². The SMILES string of the molecule is CCNC1CCC(O)(Cc2c(Cl)cccc2Cl)CC1. The summed E-state index contributed by atoms with van der Waals surface area (Å²) in [5, 5.41) is 15.5. The van der Waals surface area contributed by atoms with E-state index in [9.17, 15) is 5.11 Å². The second-order valence-corrected chi connectivity index (χ2v) is 6.25. The number of aliphatic hydroxyl groups is 1. The zero-order chi connectivity index (χ0) is 13.9. The van der Waals surface area contributed by atoms with Gasteiger partial charge in [0.1, 0.15) is 0 Å². The normalized spacial score (nSPS) is 27.5. The summed E-state index contributed by atoms with van der Waals surface area (Å²) in [7, 11) is 0. The minimum atomic E-state index is -0.666. The highest BCUT2D eigenvalue weighted by Crippen LogP contribution is 2.35. The minimum absolute atomic E-state index is 0.534. The number of hydrogen-bond acceptors (Lipinski definition) is 2. The first-order valence-corrected chi connectivity index (χ1v) is 7.68. The van der Waals surface area contributed by atoms with E-state index < -0.39 is 5.60 Å². The van der Waals surface area contributed by atoms with Gasteiger partial charge in [-0.2, -0.15) is 0 Å². The van der Waals surface area contributed by atoms with E-state index in [1.807, 2.05) is 18.2 Å². The van der Waals surface area contributed by atoms with Crippen molar-refractivity contribution in [2.45, 2.75) is 50.7 Å². The maximum Gasteiger partial charge on any atom is 0.0690 e. The van der Waals surface area contributed by atoms with Gasteiger partial charge in [0.25, 0.3) is 0 Å². The molecule has 4 heteroatoms. The van der Waals surface area contributed by atoms with Crippen LogP contribution in [0.25, 0.3) is 0 Å². The Labute approximate surface area is 125 Å². The lowest BCUT2D eigenvalue weighted by Crippen LogP contribution is -2.42. The van der Waals surface area contributed by atoms with Crippen molar-refractivity contribution in [3.8, 4) is 0 Å². The second-order valence-electron chi connectivity index (χ2n) is 5.43. The van der Waals surface area contributed by atoms with Gasteiger partial charge in [0.2, 0.25) is 0 Å². The van der Waals surface area contributed by atoms with Crippen LogP contribution in [0.2, 0.25) is 10.0 Å². The third-order valence-corrected chi connectivity index (χ3v) is 4.68. The van der Waals surface area contributed by atoms with Crippen LogP contribution in [0.5, 0.6) is 0 Å². The lowest BCUT2D eigenvalue weighted by Gasteiger charge is -2.36. The molecule has 0 unspecified atom stereocenters. The molecule has 1 aliphatic carbocycles. The Morgan fingerprint density at radius 2 is 1.84 bits per heavy atom. The number of rotatable bonds is 4. The highest BCUT2D eigenvalue weighted by Gasteiger charge is 2.34. The summed E-state index contributed by atoms with van der Waals surface area (Å²) in [5.74, 6) is 0. The molecule has 19 heavy (non-hydrogen) atoms. The minimum Gasteiger partial charge on any atom is -0.390 e. The van der Waals surface area contributed by atoms with Crippen LogP contribution in [0, 0.1) is 0 Å². The molecule has 1 saturated carbocycles. The smallest absolute Gasteiger partial charge is 0.0690 e. The van der Waals surface area contributed by atoms with Crippen LogP contribution >= 0.6 is 23.2 Å². The molecule has 0 radical (unpaired) electrons. The van der Waals surface area contributed by atoms with Crippen LogP contribution in [-0.2, 0) is 6.42 Å². The van der Waals surface area contributed by atoms with Crippen LogP contribution in [0.15, 0.2) is 18.2 Å². The van der Waals surface area contributed by atoms with Crippen molar-refractivity contribution < 1.29 is 5.11 Å². The number of nitrogens with one attached hydrogen (secondary N) is 1. The monoisotopic (exact) mass is 301 g/mol. The number of benzene rings is 1. The Morgan fingerprint density at radius 1 is 1.26 bits per heavy atom. The Morgan fingerprint density at radius 3 is 2.37 bits per heavy atom. The van der Waals surface area contributed by atoms with E-state index in [4.69, 9.17) is 23.2 Å². The van der Waals surface area contributed by atoms with Crippen LogP contribution < -0.4 is 5.32 Å². The van der Waals surface area contributed by atoms with Crippen LogP contribution in [0.3, 0.4) is 0 Å². The van der Waals surface area contributed by atoms with Crippen molar-refractivity contribution in [3.05, 3.63) is 33.8 Å². The summed E-state index contributed by atoms with van der Waals surface area (Å²) in [6.07, 6.45) is 4.15. The summed E-state index contributed by atoms with van der Waals surface area (Å²) in [5.41, 5.74) is 0.204. The molecule has 0 aromatic heterocycles.